The summed E-state index contributed by atoms with van der Waals surface area (Å²) in [6, 6.07) is 0. The summed E-state index contributed by atoms with van der Waals surface area (Å²) in [6.07, 6.45) is -1.08. The Morgan fingerprint density at radius 2 is 2.12 bits per heavy atom. The molecule has 0 aromatic carbocycles. The normalized spacial score (nSPS) is 8.00. The SMILES string of the molecule is NC(=O)OCC(=O)O. The van der Waals surface area contributed by atoms with Crippen molar-refractivity contribution in [2.75, 3.05) is 6.61 Å². The fourth-order valence-electron chi connectivity index (χ4n) is 0.133. The average Bonchev–Trinajstić information content (AvgIpc) is 1.61. The van der Waals surface area contributed by atoms with Crippen LogP contribution in [0.2, 0.25) is 0 Å². The Hall–Kier alpha value is -1.26. The van der Waals surface area contributed by atoms with Gasteiger partial charge in [0.15, 0.2) is 6.61 Å². The van der Waals surface area contributed by atoms with Gasteiger partial charge in [-0.1, -0.05) is 0 Å². The van der Waals surface area contributed by atoms with Crippen molar-refractivity contribution in [1.82, 2.24) is 0 Å². The number of hydrogen-bond acceptors (Lipinski definition) is 3. The second kappa shape index (κ2) is 2.84. The molecule has 0 fully saturated rings. The van der Waals surface area contributed by atoms with Crippen LogP contribution in [0.5, 0.6) is 0 Å². The van der Waals surface area contributed by atoms with E-state index in [0.29, 0.717) is 0 Å². The molecule has 0 heterocycles. The molecule has 0 saturated heterocycles. The lowest BCUT2D eigenvalue weighted by Crippen LogP contribution is -2.18. The standard InChI is InChI=1S/C3H5NO4/c4-3(7)8-1-2(5)6/h1H2,(H2,4,7)(H,5,6). The zero-order chi connectivity index (χ0) is 6.57. The average molecular weight is 119 g/mol. The van der Waals surface area contributed by atoms with E-state index >= 15 is 0 Å². The molecule has 0 aliphatic heterocycles. The van der Waals surface area contributed by atoms with Crippen molar-refractivity contribution in [3.05, 3.63) is 0 Å². The first-order valence-electron chi connectivity index (χ1n) is 1.77. The van der Waals surface area contributed by atoms with Gasteiger partial charge >= 0.3 is 12.1 Å². The van der Waals surface area contributed by atoms with Gasteiger partial charge < -0.3 is 15.6 Å². The highest BCUT2D eigenvalue weighted by Crippen LogP contribution is 1.70. The molecule has 0 aromatic heterocycles. The number of amides is 1. The molecule has 5 nitrogen and oxygen atoms in total. The summed E-state index contributed by atoms with van der Waals surface area (Å²) in [4.78, 5) is 19.2. The number of hydrogen-bond donors (Lipinski definition) is 2. The second-order valence-electron chi connectivity index (χ2n) is 1.00. The van der Waals surface area contributed by atoms with Crippen LogP contribution >= 0.6 is 0 Å². The van der Waals surface area contributed by atoms with Crippen molar-refractivity contribution in [2.24, 2.45) is 5.73 Å². The number of ether oxygens (including phenoxy) is 1. The molecular formula is C3H5NO4. The number of primary amides is 1. The van der Waals surface area contributed by atoms with Crippen molar-refractivity contribution in [3.8, 4) is 0 Å². The van der Waals surface area contributed by atoms with E-state index in [1.807, 2.05) is 0 Å². The first-order valence-corrected chi connectivity index (χ1v) is 1.77. The Bertz CT molecular complexity index is 95.9. The molecule has 3 N–H and O–H groups in total. The largest absolute Gasteiger partial charge is 0.479 e. The molecular weight excluding hydrogens is 114 g/mol. The molecule has 0 rings (SSSR count). The Balaban J connectivity index is 3.18. The minimum atomic E-state index is -1.22. The molecule has 1 amide bonds. The van der Waals surface area contributed by atoms with Crippen LogP contribution in [0.15, 0.2) is 0 Å². The van der Waals surface area contributed by atoms with E-state index in [2.05, 4.69) is 10.5 Å². The maximum atomic E-state index is 9.64. The lowest BCUT2D eigenvalue weighted by atomic mass is 10.7. The maximum Gasteiger partial charge on any atom is 0.405 e. The van der Waals surface area contributed by atoms with Gasteiger partial charge in [0.25, 0.3) is 0 Å². The Morgan fingerprint density at radius 1 is 1.62 bits per heavy atom. The first kappa shape index (κ1) is 6.74. The minimum absolute atomic E-state index is 0.671. The van der Waals surface area contributed by atoms with Gasteiger partial charge in [-0.15, -0.1) is 0 Å². The summed E-state index contributed by atoms with van der Waals surface area (Å²) in [5.74, 6) is -1.22. The van der Waals surface area contributed by atoms with Crippen LogP contribution in [0.25, 0.3) is 0 Å². The summed E-state index contributed by atoms with van der Waals surface area (Å²) < 4.78 is 3.84. The van der Waals surface area contributed by atoms with Gasteiger partial charge in [-0.3, -0.25) is 0 Å². The van der Waals surface area contributed by atoms with Crippen LogP contribution in [-0.4, -0.2) is 23.8 Å². The van der Waals surface area contributed by atoms with E-state index in [1.165, 1.54) is 0 Å². The van der Waals surface area contributed by atoms with Gasteiger partial charge in [0.05, 0.1) is 0 Å². The van der Waals surface area contributed by atoms with E-state index in [9.17, 15) is 9.59 Å². The van der Waals surface area contributed by atoms with Crippen LogP contribution in [0, 0.1) is 0 Å². The molecule has 0 atom stereocenters. The van der Waals surface area contributed by atoms with Crippen LogP contribution in [-0.2, 0) is 9.53 Å². The number of carbonyl (C=O) groups excluding carboxylic acids is 1. The molecule has 0 saturated carbocycles. The first-order chi connectivity index (χ1) is 3.63. The Morgan fingerprint density at radius 3 is 2.25 bits per heavy atom. The topological polar surface area (TPSA) is 89.6 Å². The third-order valence-corrected chi connectivity index (χ3v) is 0.338. The minimum Gasteiger partial charge on any atom is -0.479 e. The predicted molar refractivity (Wildman–Crippen MR) is 23.2 cm³/mol. The van der Waals surface area contributed by atoms with Gasteiger partial charge in [0.1, 0.15) is 0 Å². The zero-order valence-corrected chi connectivity index (χ0v) is 3.96. The van der Waals surface area contributed by atoms with Crippen LogP contribution in [0.3, 0.4) is 0 Å². The number of carboxylic acid groups (broad SMARTS) is 1. The molecule has 0 aromatic rings. The van der Waals surface area contributed by atoms with E-state index < -0.39 is 18.7 Å². The van der Waals surface area contributed by atoms with Crippen molar-refractivity contribution in [2.45, 2.75) is 0 Å². The van der Waals surface area contributed by atoms with Crippen molar-refractivity contribution in [1.29, 1.82) is 0 Å². The highest BCUT2D eigenvalue weighted by molar-refractivity contribution is 5.73. The maximum absolute atomic E-state index is 9.64. The fourth-order valence-corrected chi connectivity index (χ4v) is 0.133. The monoisotopic (exact) mass is 119 g/mol. The molecule has 46 valence electrons. The van der Waals surface area contributed by atoms with Crippen LogP contribution in [0.4, 0.5) is 4.79 Å². The highest BCUT2D eigenvalue weighted by Gasteiger charge is 1.97. The molecule has 0 radical (unpaired) electrons. The molecule has 0 aliphatic rings. The molecule has 0 bridgehead atoms. The van der Waals surface area contributed by atoms with Gasteiger partial charge in [0.2, 0.25) is 0 Å². The number of rotatable bonds is 2. The Labute approximate surface area is 45.0 Å². The molecule has 5 heteroatoms. The van der Waals surface area contributed by atoms with Gasteiger partial charge in [0, 0.05) is 0 Å². The summed E-state index contributed by atoms with van der Waals surface area (Å²) in [7, 11) is 0. The van der Waals surface area contributed by atoms with Gasteiger partial charge in [-0.2, -0.15) is 0 Å². The van der Waals surface area contributed by atoms with Gasteiger partial charge in [-0.05, 0) is 0 Å². The van der Waals surface area contributed by atoms with E-state index in [0.717, 1.165) is 0 Å². The lowest BCUT2D eigenvalue weighted by molar-refractivity contribution is -0.140. The molecule has 0 unspecified atom stereocenters. The fraction of sp³-hybridized carbons (Fsp3) is 0.333. The number of nitrogens with two attached hydrogens (primary N) is 1. The van der Waals surface area contributed by atoms with E-state index in [-0.39, 0.29) is 0 Å². The quantitative estimate of drug-likeness (QED) is 0.496. The summed E-state index contributed by atoms with van der Waals surface area (Å²) in [5.41, 5.74) is 4.42. The van der Waals surface area contributed by atoms with Crippen molar-refractivity contribution in [3.63, 3.8) is 0 Å². The van der Waals surface area contributed by atoms with E-state index in [4.69, 9.17) is 5.11 Å². The Kier molecular flexibility index (Phi) is 2.39. The molecule has 0 aliphatic carbocycles. The third kappa shape index (κ3) is 4.74. The predicted octanol–water partition coefficient (Wildman–Crippen LogP) is -0.834. The summed E-state index contributed by atoms with van der Waals surface area (Å²) >= 11 is 0. The third-order valence-electron chi connectivity index (χ3n) is 0.338. The number of carbonyl (C=O) groups is 2. The number of aliphatic carboxylic acids is 1. The van der Waals surface area contributed by atoms with E-state index in [1.54, 1.807) is 0 Å². The smallest absolute Gasteiger partial charge is 0.405 e. The lowest BCUT2D eigenvalue weighted by Gasteiger charge is -1.92. The summed E-state index contributed by atoms with van der Waals surface area (Å²) in [5, 5.41) is 7.83. The van der Waals surface area contributed by atoms with Crippen LogP contribution in [0.1, 0.15) is 0 Å². The van der Waals surface area contributed by atoms with Crippen molar-refractivity contribution >= 4 is 12.1 Å². The van der Waals surface area contributed by atoms with Crippen molar-refractivity contribution < 1.29 is 19.4 Å². The van der Waals surface area contributed by atoms with Gasteiger partial charge in [-0.25, -0.2) is 9.59 Å². The summed E-state index contributed by atoms with van der Waals surface area (Å²) in [6.45, 7) is -0.671. The molecule has 0 spiro atoms. The van der Waals surface area contributed by atoms with Crippen LogP contribution < -0.4 is 5.73 Å². The number of carboxylic acids is 1. The highest BCUT2D eigenvalue weighted by atomic mass is 16.6. The molecule has 8 heavy (non-hydrogen) atoms. The zero-order valence-electron chi connectivity index (χ0n) is 3.96. The second-order valence-corrected chi connectivity index (χ2v) is 1.00.